The first kappa shape index (κ1) is 15.7. The smallest absolute Gasteiger partial charge is 0.343 e. The molecule has 1 rings (SSSR count). The Morgan fingerprint density at radius 3 is 2.65 bits per heavy atom. The molecule has 1 aromatic carbocycles. The third kappa shape index (κ3) is 3.83. The van der Waals surface area contributed by atoms with Crippen molar-refractivity contribution in [1.82, 2.24) is 5.32 Å². The van der Waals surface area contributed by atoms with E-state index in [0.29, 0.717) is 0 Å². The molecule has 1 aromatic rings. The van der Waals surface area contributed by atoms with E-state index in [1.165, 1.54) is 13.1 Å². The highest BCUT2D eigenvalue weighted by atomic mass is 35.5. The van der Waals surface area contributed by atoms with Crippen molar-refractivity contribution in [2.75, 3.05) is 13.7 Å². The van der Waals surface area contributed by atoms with Crippen LogP contribution in [0.3, 0.4) is 0 Å². The fourth-order valence-electron chi connectivity index (χ4n) is 1.36. The first-order chi connectivity index (χ1) is 9.51. The summed E-state index contributed by atoms with van der Waals surface area (Å²) < 4.78 is 4.81. The summed E-state index contributed by atoms with van der Waals surface area (Å²) in [6.07, 6.45) is 0.758. The van der Waals surface area contributed by atoms with Gasteiger partial charge < -0.3 is 21.2 Å². The van der Waals surface area contributed by atoms with Crippen LogP contribution in [0.25, 0.3) is 0 Å². The molecule has 6 nitrogen and oxygen atoms in total. The van der Waals surface area contributed by atoms with Gasteiger partial charge in [0.25, 0.3) is 0 Å². The molecular formula is C13H14ClN3O3. The number of benzene rings is 1. The molecule has 0 aromatic heterocycles. The van der Waals surface area contributed by atoms with E-state index in [2.05, 4.69) is 5.32 Å². The number of esters is 1. The van der Waals surface area contributed by atoms with Crippen molar-refractivity contribution in [3.05, 3.63) is 46.2 Å². The summed E-state index contributed by atoms with van der Waals surface area (Å²) in [7, 11) is 1.50. The van der Waals surface area contributed by atoms with Crippen molar-refractivity contribution >= 4 is 29.6 Å². The van der Waals surface area contributed by atoms with Gasteiger partial charge in [-0.25, -0.2) is 4.79 Å². The number of carbonyl (C=O) groups is 2. The number of hydrogen-bond donors (Lipinski definition) is 3. The third-order valence-corrected chi connectivity index (χ3v) is 2.76. The van der Waals surface area contributed by atoms with Gasteiger partial charge in [-0.1, -0.05) is 23.7 Å². The fraction of sp³-hybridized carbons (Fsp3) is 0.154. The zero-order chi connectivity index (χ0) is 15.1. The van der Waals surface area contributed by atoms with Crippen LogP contribution in [0.1, 0.15) is 10.4 Å². The van der Waals surface area contributed by atoms with Gasteiger partial charge in [0, 0.05) is 18.8 Å². The highest BCUT2D eigenvalue weighted by Crippen LogP contribution is 2.15. The SMILES string of the molecule is CN/C(N)=C(\C=N)C(=O)OCC(=O)c1ccccc1Cl. The molecule has 0 atom stereocenters. The van der Waals surface area contributed by atoms with Crippen LogP contribution in [0.2, 0.25) is 5.02 Å². The highest BCUT2D eigenvalue weighted by molar-refractivity contribution is 6.34. The molecule has 0 aliphatic rings. The van der Waals surface area contributed by atoms with Gasteiger partial charge in [-0.3, -0.25) is 4.79 Å². The largest absolute Gasteiger partial charge is 0.454 e. The normalized spacial score (nSPS) is 11.3. The van der Waals surface area contributed by atoms with Crippen LogP contribution in [0, 0.1) is 5.41 Å². The minimum atomic E-state index is -0.854. The number of ether oxygens (including phenoxy) is 1. The average molecular weight is 296 g/mol. The second kappa shape index (κ2) is 7.30. The Bertz CT molecular complexity index is 570. The zero-order valence-corrected chi connectivity index (χ0v) is 11.5. The minimum absolute atomic E-state index is 0.00445. The van der Waals surface area contributed by atoms with Crippen molar-refractivity contribution in [2.45, 2.75) is 0 Å². The number of hydrogen-bond acceptors (Lipinski definition) is 6. The van der Waals surface area contributed by atoms with Gasteiger partial charge in [-0.15, -0.1) is 0 Å². The predicted octanol–water partition coefficient (Wildman–Crippen LogP) is 1.11. The number of Topliss-reactive ketones (excluding diaryl/α,β-unsaturated/α-hetero) is 1. The van der Waals surface area contributed by atoms with Gasteiger partial charge in [0.05, 0.1) is 5.02 Å². The van der Waals surface area contributed by atoms with Gasteiger partial charge in [0.15, 0.2) is 6.61 Å². The molecule has 0 fully saturated rings. The molecule has 0 heterocycles. The lowest BCUT2D eigenvalue weighted by atomic mass is 10.1. The molecule has 0 unspecified atom stereocenters. The minimum Gasteiger partial charge on any atom is -0.454 e. The summed E-state index contributed by atoms with van der Waals surface area (Å²) in [6.45, 7) is -0.475. The molecule has 0 saturated carbocycles. The summed E-state index contributed by atoms with van der Waals surface area (Å²) in [5.74, 6) is -1.29. The van der Waals surface area contributed by atoms with Crippen molar-refractivity contribution in [1.29, 1.82) is 5.41 Å². The maximum atomic E-state index is 11.8. The van der Waals surface area contributed by atoms with Gasteiger partial charge >= 0.3 is 5.97 Å². The van der Waals surface area contributed by atoms with Crippen molar-refractivity contribution in [2.24, 2.45) is 5.73 Å². The Kier molecular flexibility index (Phi) is 5.74. The van der Waals surface area contributed by atoms with E-state index < -0.39 is 18.4 Å². The number of halogens is 1. The summed E-state index contributed by atoms with van der Waals surface area (Å²) in [6, 6.07) is 6.45. The van der Waals surface area contributed by atoms with E-state index >= 15 is 0 Å². The summed E-state index contributed by atoms with van der Waals surface area (Å²) in [4.78, 5) is 23.5. The third-order valence-electron chi connectivity index (χ3n) is 2.43. The van der Waals surface area contributed by atoms with E-state index in [9.17, 15) is 9.59 Å². The van der Waals surface area contributed by atoms with Gasteiger partial charge in [-0.2, -0.15) is 0 Å². The lowest BCUT2D eigenvalue weighted by molar-refractivity contribution is -0.137. The van der Waals surface area contributed by atoms with Crippen LogP contribution < -0.4 is 11.1 Å². The lowest BCUT2D eigenvalue weighted by Crippen LogP contribution is -2.24. The molecular weight excluding hydrogens is 282 g/mol. The van der Waals surface area contributed by atoms with Crippen LogP contribution in [-0.4, -0.2) is 31.6 Å². The standard InChI is InChI=1S/C13H14ClN3O3/c1-17-12(16)9(6-15)13(19)20-7-11(18)8-4-2-3-5-10(8)14/h2-6,15,17H,7,16H2,1H3/b12-9+,15-6?. The number of nitrogens with two attached hydrogens (primary N) is 1. The molecule has 7 heteroatoms. The molecule has 0 aliphatic heterocycles. The van der Waals surface area contributed by atoms with Crippen molar-refractivity contribution in [3.63, 3.8) is 0 Å². The first-order valence-corrected chi connectivity index (χ1v) is 6.01. The van der Waals surface area contributed by atoms with Crippen LogP contribution in [0.4, 0.5) is 0 Å². The molecule has 4 N–H and O–H groups in total. The molecule has 0 spiro atoms. The van der Waals surface area contributed by atoms with Gasteiger partial charge in [0.1, 0.15) is 11.4 Å². The maximum Gasteiger partial charge on any atom is 0.343 e. The Hall–Kier alpha value is -2.34. The Labute approximate surface area is 121 Å². The molecule has 106 valence electrons. The zero-order valence-electron chi connectivity index (χ0n) is 10.8. The Morgan fingerprint density at radius 1 is 1.45 bits per heavy atom. The monoisotopic (exact) mass is 295 g/mol. The van der Waals surface area contributed by atoms with Crippen molar-refractivity contribution < 1.29 is 14.3 Å². The van der Waals surface area contributed by atoms with Crippen LogP contribution in [-0.2, 0) is 9.53 Å². The van der Waals surface area contributed by atoms with Gasteiger partial charge in [0.2, 0.25) is 5.78 Å². The van der Waals surface area contributed by atoms with E-state index in [1.807, 2.05) is 0 Å². The quantitative estimate of drug-likeness (QED) is 0.315. The molecule has 20 heavy (non-hydrogen) atoms. The van der Waals surface area contributed by atoms with E-state index in [-0.39, 0.29) is 22.0 Å². The lowest BCUT2D eigenvalue weighted by Gasteiger charge is -2.08. The van der Waals surface area contributed by atoms with Crippen LogP contribution in [0.15, 0.2) is 35.7 Å². The number of nitrogens with one attached hydrogen (secondary N) is 2. The number of ketones is 1. The molecule has 0 aliphatic carbocycles. The van der Waals surface area contributed by atoms with E-state index in [4.69, 9.17) is 27.5 Å². The average Bonchev–Trinajstić information content (AvgIpc) is 2.45. The second-order valence-electron chi connectivity index (χ2n) is 3.70. The summed E-state index contributed by atoms with van der Waals surface area (Å²) in [5.41, 5.74) is 5.59. The van der Waals surface area contributed by atoms with E-state index in [0.717, 1.165) is 6.21 Å². The van der Waals surface area contributed by atoms with Crippen LogP contribution in [0.5, 0.6) is 0 Å². The molecule has 0 amide bonds. The molecule has 0 radical (unpaired) electrons. The molecule has 0 bridgehead atoms. The van der Waals surface area contributed by atoms with E-state index in [1.54, 1.807) is 18.2 Å². The van der Waals surface area contributed by atoms with Crippen molar-refractivity contribution in [3.8, 4) is 0 Å². The topological polar surface area (TPSA) is 105 Å². The molecule has 0 saturated heterocycles. The summed E-state index contributed by atoms with van der Waals surface area (Å²) >= 11 is 5.86. The highest BCUT2D eigenvalue weighted by Gasteiger charge is 2.16. The number of carbonyl (C=O) groups excluding carboxylic acids is 2. The maximum absolute atomic E-state index is 11.8. The Morgan fingerprint density at radius 2 is 2.10 bits per heavy atom. The Balaban J connectivity index is 2.73. The fourth-order valence-corrected chi connectivity index (χ4v) is 1.60. The van der Waals surface area contributed by atoms with Gasteiger partial charge in [-0.05, 0) is 12.1 Å². The second-order valence-corrected chi connectivity index (χ2v) is 4.11. The summed E-state index contributed by atoms with van der Waals surface area (Å²) in [5, 5.41) is 9.91. The predicted molar refractivity (Wildman–Crippen MR) is 75.8 cm³/mol. The number of rotatable bonds is 6. The first-order valence-electron chi connectivity index (χ1n) is 5.64. The van der Waals surface area contributed by atoms with Crippen LogP contribution >= 0.6 is 11.6 Å².